The predicted molar refractivity (Wildman–Crippen MR) is 68.6 cm³/mol. The zero-order chi connectivity index (χ0) is 13.0. The molecule has 1 rings (SSSR count). The highest BCUT2D eigenvalue weighted by Gasteiger charge is 2.15. The molecule has 0 bridgehead atoms. The minimum atomic E-state index is -0.538. The van der Waals surface area contributed by atoms with Gasteiger partial charge in [-0.2, -0.15) is 0 Å². The minimum Gasteiger partial charge on any atom is -0.298 e. The van der Waals surface area contributed by atoms with Gasteiger partial charge in [0.05, 0.1) is 10.5 Å². The van der Waals surface area contributed by atoms with Crippen molar-refractivity contribution in [2.45, 2.75) is 30.9 Å². The summed E-state index contributed by atoms with van der Waals surface area (Å²) in [5.41, 5.74) is -0.00231. The summed E-state index contributed by atoms with van der Waals surface area (Å²) < 4.78 is 0. The van der Waals surface area contributed by atoms with Crippen molar-refractivity contribution in [3.8, 4) is 0 Å². The number of nitrogens with zero attached hydrogens (tertiary/aromatic N) is 1. The van der Waals surface area contributed by atoms with Crippen molar-refractivity contribution < 1.29 is 9.72 Å². The van der Waals surface area contributed by atoms with Crippen molar-refractivity contribution in [2.24, 2.45) is 5.92 Å². The van der Waals surface area contributed by atoms with Crippen LogP contribution in [-0.2, 0) is 0 Å². The zero-order valence-electron chi connectivity index (χ0n) is 10.0. The number of carbonyl (C=O) groups is 1. The normalized spacial score (nSPS) is 12.5. The number of thioether (sulfide) groups is 1. The molecule has 0 aromatic heterocycles. The van der Waals surface area contributed by atoms with Crippen LogP contribution >= 0.6 is 11.8 Å². The van der Waals surface area contributed by atoms with Crippen LogP contribution in [0, 0.1) is 16.0 Å². The molecule has 1 atom stereocenters. The van der Waals surface area contributed by atoms with E-state index in [1.807, 2.05) is 0 Å². The van der Waals surface area contributed by atoms with Crippen molar-refractivity contribution in [1.29, 1.82) is 0 Å². The smallest absolute Gasteiger partial charge is 0.279 e. The second-order valence-electron chi connectivity index (χ2n) is 4.16. The molecule has 1 aromatic rings. The molecule has 17 heavy (non-hydrogen) atoms. The van der Waals surface area contributed by atoms with Crippen LogP contribution < -0.4 is 0 Å². The molecule has 92 valence electrons. The Morgan fingerprint density at radius 3 is 2.47 bits per heavy atom. The highest BCUT2D eigenvalue weighted by molar-refractivity contribution is 8.00. The Hall–Kier alpha value is -1.36. The SMILES string of the molecule is CC(C)C(C)Sc1ccc([N+](=O)[O-])c(C=O)c1. The number of nitro benzene ring substituents is 1. The van der Waals surface area contributed by atoms with E-state index in [9.17, 15) is 14.9 Å². The maximum atomic E-state index is 10.8. The molecule has 0 fully saturated rings. The van der Waals surface area contributed by atoms with Gasteiger partial charge in [-0.25, -0.2) is 0 Å². The molecule has 0 aliphatic rings. The average Bonchev–Trinajstić information content (AvgIpc) is 2.28. The Bertz CT molecular complexity index is 432. The van der Waals surface area contributed by atoms with Crippen LogP contribution in [0.5, 0.6) is 0 Å². The maximum absolute atomic E-state index is 10.8. The summed E-state index contributed by atoms with van der Waals surface area (Å²) >= 11 is 1.62. The molecule has 0 saturated heterocycles. The molecular formula is C12H15NO3S. The number of rotatable bonds is 5. The highest BCUT2D eigenvalue weighted by atomic mass is 32.2. The van der Waals surface area contributed by atoms with Crippen LogP contribution in [0.25, 0.3) is 0 Å². The Balaban J connectivity index is 2.98. The molecule has 0 saturated carbocycles. The standard InChI is InChI=1S/C12H15NO3S/c1-8(2)9(3)17-11-4-5-12(13(15)16)10(6-11)7-14/h4-9H,1-3H3. The van der Waals surface area contributed by atoms with Gasteiger partial charge >= 0.3 is 0 Å². The lowest BCUT2D eigenvalue weighted by Gasteiger charge is -2.14. The lowest BCUT2D eigenvalue weighted by atomic mass is 10.2. The fourth-order valence-corrected chi connectivity index (χ4v) is 2.26. The molecule has 1 aromatic carbocycles. The molecule has 1 unspecified atom stereocenters. The van der Waals surface area contributed by atoms with Crippen LogP contribution in [0.2, 0.25) is 0 Å². The van der Waals surface area contributed by atoms with Crippen LogP contribution in [0.3, 0.4) is 0 Å². The van der Waals surface area contributed by atoms with Crippen LogP contribution in [0.4, 0.5) is 5.69 Å². The quantitative estimate of drug-likeness (QED) is 0.348. The van der Waals surface area contributed by atoms with Crippen LogP contribution in [0.15, 0.2) is 23.1 Å². The fourth-order valence-electron chi connectivity index (χ4n) is 1.22. The summed E-state index contributed by atoms with van der Waals surface area (Å²) in [6, 6.07) is 4.66. The third-order valence-electron chi connectivity index (χ3n) is 2.58. The molecule has 0 aliphatic heterocycles. The number of benzene rings is 1. The monoisotopic (exact) mass is 253 g/mol. The Labute approximate surface area is 105 Å². The molecule has 0 spiro atoms. The van der Waals surface area contributed by atoms with E-state index in [0.717, 1.165) is 4.90 Å². The predicted octanol–water partition coefficient (Wildman–Crippen LogP) is 3.54. The topological polar surface area (TPSA) is 60.2 Å². The third-order valence-corrected chi connectivity index (χ3v) is 4.03. The second-order valence-corrected chi connectivity index (χ2v) is 5.61. The molecule has 0 aliphatic carbocycles. The number of aldehydes is 1. The molecular weight excluding hydrogens is 238 g/mol. The van der Waals surface area contributed by atoms with Gasteiger partial charge in [0.1, 0.15) is 0 Å². The second kappa shape index (κ2) is 5.82. The summed E-state index contributed by atoms with van der Waals surface area (Å²) in [6.07, 6.45) is 0.530. The van der Waals surface area contributed by atoms with E-state index < -0.39 is 4.92 Å². The zero-order valence-corrected chi connectivity index (χ0v) is 10.9. The van der Waals surface area contributed by atoms with Gasteiger partial charge in [-0.05, 0) is 18.1 Å². The van der Waals surface area contributed by atoms with E-state index in [1.165, 1.54) is 6.07 Å². The summed E-state index contributed by atoms with van der Waals surface area (Å²) in [4.78, 5) is 21.8. The van der Waals surface area contributed by atoms with E-state index in [0.29, 0.717) is 17.5 Å². The van der Waals surface area contributed by atoms with E-state index >= 15 is 0 Å². The molecule has 0 amide bonds. The number of hydrogen-bond donors (Lipinski definition) is 0. The first-order valence-corrected chi connectivity index (χ1v) is 6.24. The van der Waals surface area contributed by atoms with E-state index in [4.69, 9.17) is 0 Å². The van der Waals surface area contributed by atoms with Crippen molar-refractivity contribution >= 4 is 23.7 Å². The Morgan fingerprint density at radius 1 is 1.35 bits per heavy atom. The van der Waals surface area contributed by atoms with Crippen molar-refractivity contribution in [2.75, 3.05) is 0 Å². The molecule has 4 nitrogen and oxygen atoms in total. The van der Waals surface area contributed by atoms with Crippen molar-refractivity contribution in [3.05, 3.63) is 33.9 Å². The lowest BCUT2D eigenvalue weighted by Crippen LogP contribution is -2.05. The summed E-state index contributed by atoms with van der Waals surface area (Å²) in [7, 11) is 0. The minimum absolute atomic E-state index is 0.135. The van der Waals surface area contributed by atoms with Crippen molar-refractivity contribution in [3.63, 3.8) is 0 Å². The van der Waals surface area contributed by atoms with Gasteiger partial charge in [-0.1, -0.05) is 20.8 Å². The number of carbonyl (C=O) groups excluding carboxylic acids is 1. The first-order valence-electron chi connectivity index (χ1n) is 5.36. The molecule has 5 heteroatoms. The van der Waals surface area contributed by atoms with Gasteiger partial charge in [0.2, 0.25) is 0 Å². The Kier molecular flexibility index (Phi) is 4.69. The van der Waals surface area contributed by atoms with Crippen molar-refractivity contribution in [1.82, 2.24) is 0 Å². The van der Waals surface area contributed by atoms with E-state index in [-0.39, 0.29) is 11.3 Å². The summed E-state index contributed by atoms with van der Waals surface area (Å²) in [5.74, 6) is 0.509. The first kappa shape index (κ1) is 13.7. The third kappa shape index (κ3) is 3.56. The molecule has 0 heterocycles. The van der Waals surface area contributed by atoms with Gasteiger partial charge in [0.15, 0.2) is 6.29 Å². The van der Waals surface area contributed by atoms with Crippen LogP contribution in [-0.4, -0.2) is 16.5 Å². The van der Waals surface area contributed by atoms with E-state index in [1.54, 1.807) is 23.9 Å². The van der Waals surface area contributed by atoms with Gasteiger partial charge in [-0.15, -0.1) is 11.8 Å². The lowest BCUT2D eigenvalue weighted by molar-refractivity contribution is -0.385. The van der Waals surface area contributed by atoms with Gasteiger partial charge < -0.3 is 0 Å². The average molecular weight is 253 g/mol. The first-order chi connectivity index (χ1) is 7.95. The summed E-state index contributed by atoms with van der Waals surface area (Å²) in [5, 5.41) is 11.1. The largest absolute Gasteiger partial charge is 0.298 e. The molecule has 0 N–H and O–H groups in total. The fraction of sp³-hybridized carbons (Fsp3) is 0.417. The van der Waals surface area contributed by atoms with Gasteiger partial charge in [-0.3, -0.25) is 14.9 Å². The number of nitro groups is 1. The number of hydrogen-bond acceptors (Lipinski definition) is 4. The van der Waals surface area contributed by atoms with Crippen LogP contribution in [0.1, 0.15) is 31.1 Å². The van der Waals surface area contributed by atoms with Gasteiger partial charge in [0, 0.05) is 16.2 Å². The summed E-state index contributed by atoms with van der Waals surface area (Å²) in [6.45, 7) is 6.32. The van der Waals surface area contributed by atoms with Gasteiger partial charge in [0.25, 0.3) is 5.69 Å². The highest BCUT2D eigenvalue weighted by Crippen LogP contribution is 2.30. The maximum Gasteiger partial charge on any atom is 0.279 e. The molecule has 0 radical (unpaired) electrons. The Morgan fingerprint density at radius 2 is 2.00 bits per heavy atom. The van der Waals surface area contributed by atoms with E-state index in [2.05, 4.69) is 20.8 Å².